The summed E-state index contributed by atoms with van der Waals surface area (Å²) in [5.74, 6) is -1.85. The summed E-state index contributed by atoms with van der Waals surface area (Å²) >= 11 is 0. The van der Waals surface area contributed by atoms with Crippen molar-refractivity contribution in [3.63, 3.8) is 0 Å². The van der Waals surface area contributed by atoms with E-state index in [1.807, 2.05) is 4.90 Å². The highest BCUT2D eigenvalue weighted by atomic mass is 19.4. The molecule has 150 valence electrons. The van der Waals surface area contributed by atoms with Crippen LogP contribution in [0.3, 0.4) is 0 Å². The summed E-state index contributed by atoms with van der Waals surface area (Å²) in [5, 5.41) is 15.4. The van der Waals surface area contributed by atoms with Gasteiger partial charge in [-0.05, 0) is 13.0 Å². The maximum Gasteiger partial charge on any atom is 0.471 e. The molecule has 1 aliphatic heterocycles. The molecule has 3 rings (SSSR count). The number of anilines is 1. The molecule has 28 heavy (non-hydrogen) atoms. The van der Waals surface area contributed by atoms with Crippen LogP contribution in [0.25, 0.3) is 11.1 Å². The Hall–Kier alpha value is -3.11. The average molecular weight is 397 g/mol. The van der Waals surface area contributed by atoms with Gasteiger partial charge in [-0.25, -0.2) is 0 Å². The highest BCUT2D eigenvalue weighted by Crippen LogP contribution is 2.37. The number of alkyl halides is 3. The maximum absolute atomic E-state index is 12.6. The van der Waals surface area contributed by atoms with Crippen LogP contribution in [-0.4, -0.2) is 57.9 Å². The van der Waals surface area contributed by atoms with Crippen molar-refractivity contribution >= 4 is 17.3 Å². The molecule has 1 aliphatic rings. The van der Waals surface area contributed by atoms with Crippen LogP contribution in [-0.2, 0) is 11.8 Å². The van der Waals surface area contributed by atoms with Crippen molar-refractivity contribution in [2.24, 2.45) is 7.05 Å². The number of nitro groups is 1. The average Bonchev–Trinajstić information content (AvgIpc) is 3.06. The third-order valence-electron chi connectivity index (χ3n) is 4.68. The van der Waals surface area contributed by atoms with Gasteiger partial charge in [0.1, 0.15) is 0 Å². The van der Waals surface area contributed by atoms with Gasteiger partial charge in [0.2, 0.25) is 0 Å². The lowest BCUT2D eigenvalue weighted by molar-refractivity contribution is -0.385. The number of piperazine rings is 1. The largest absolute Gasteiger partial charge is 0.471 e. The molecule has 0 saturated carbocycles. The van der Waals surface area contributed by atoms with Crippen LogP contribution in [0.1, 0.15) is 5.56 Å². The van der Waals surface area contributed by atoms with Gasteiger partial charge in [0.05, 0.1) is 11.1 Å². The predicted molar refractivity (Wildman–Crippen MR) is 94.9 cm³/mol. The van der Waals surface area contributed by atoms with E-state index in [0.717, 1.165) is 4.90 Å². The van der Waals surface area contributed by atoms with Gasteiger partial charge in [-0.2, -0.15) is 18.3 Å². The topological polar surface area (TPSA) is 84.5 Å². The zero-order valence-electron chi connectivity index (χ0n) is 15.2. The molecule has 0 spiro atoms. The van der Waals surface area contributed by atoms with Crippen LogP contribution in [0.5, 0.6) is 0 Å². The Morgan fingerprint density at radius 2 is 1.86 bits per heavy atom. The smallest absolute Gasteiger partial charge is 0.367 e. The Balaban J connectivity index is 1.93. The number of hydrogen-bond donors (Lipinski definition) is 0. The molecule has 2 aromatic rings. The van der Waals surface area contributed by atoms with Crippen molar-refractivity contribution in [2.45, 2.75) is 13.1 Å². The highest BCUT2D eigenvalue weighted by molar-refractivity contribution is 5.83. The SMILES string of the molecule is Cc1cc(N2CCN(C(=O)C(F)(F)F)CC2)c(-c2cnn(C)c2)cc1[N+](=O)[O-]. The number of nitrogens with zero attached hydrogens (tertiary/aromatic N) is 5. The summed E-state index contributed by atoms with van der Waals surface area (Å²) in [6.45, 7) is 1.82. The first kappa shape index (κ1) is 19.6. The van der Waals surface area contributed by atoms with Gasteiger partial charge in [0.15, 0.2) is 0 Å². The molecule has 0 unspecified atom stereocenters. The van der Waals surface area contributed by atoms with Crippen molar-refractivity contribution in [3.8, 4) is 11.1 Å². The number of halogens is 3. The minimum atomic E-state index is -4.90. The van der Waals surface area contributed by atoms with E-state index in [2.05, 4.69) is 5.10 Å². The fourth-order valence-corrected chi connectivity index (χ4v) is 3.26. The maximum atomic E-state index is 12.6. The second-order valence-corrected chi connectivity index (χ2v) is 6.59. The van der Waals surface area contributed by atoms with E-state index in [4.69, 9.17) is 0 Å². The second-order valence-electron chi connectivity index (χ2n) is 6.59. The molecule has 1 fully saturated rings. The molecule has 11 heteroatoms. The number of rotatable bonds is 3. The van der Waals surface area contributed by atoms with Crippen molar-refractivity contribution in [2.75, 3.05) is 31.1 Å². The summed E-state index contributed by atoms with van der Waals surface area (Å²) in [5.41, 5.74) is 2.29. The van der Waals surface area contributed by atoms with E-state index >= 15 is 0 Å². The lowest BCUT2D eigenvalue weighted by atomic mass is 10.0. The van der Waals surface area contributed by atoms with Gasteiger partial charge in [-0.1, -0.05) is 0 Å². The Morgan fingerprint density at radius 3 is 2.36 bits per heavy atom. The van der Waals surface area contributed by atoms with Crippen LogP contribution >= 0.6 is 0 Å². The lowest BCUT2D eigenvalue weighted by Gasteiger charge is -2.37. The summed E-state index contributed by atoms with van der Waals surface area (Å²) in [7, 11) is 1.72. The van der Waals surface area contributed by atoms with Gasteiger partial charge >= 0.3 is 12.1 Å². The molecule has 8 nitrogen and oxygen atoms in total. The fraction of sp³-hybridized carbons (Fsp3) is 0.412. The number of carbonyl (C=O) groups excluding carboxylic acids is 1. The predicted octanol–water partition coefficient (Wildman–Crippen LogP) is 2.51. The van der Waals surface area contributed by atoms with Crippen molar-refractivity contribution in [3.05, 3.63) is 40.2 Å². The molecule has 1 aromatic carbocycles. The second kappa shape index (κ2) is 7.13. The quantitative estimate of drug-likeness (QED) is 0.587. The number of aromatic nitrogens is 2. The molecule has 0 bridgehead atoms. The van der Waals surface area contributed by atoms with Crippen LogP contribution in [0.15, 0.2) is 24.5 Å². The molecule has 1 saturated heterocycles. The Bertz CT molecular complexity index is 917. The van der Waals surface area contributed by atoms with Gasteiger partial charge in [0, 0.05) is 67.9 Å². The molecule has 0 N–H and O–H groups in total. The fourth-order valence-electron chi connectivity index (χ4n) is 3.26. The minimum absolute atomic E-state index is 0.0477. The minimum Gasteiger partial charge on any atom is -0.367 e. The van der Waals surface area contributed by atoms with Gasteiger partial charge in [-0.3, -0.25) is 19.6 Å². The molecular formula is C17H18F3N5O3. The van der Waals surface area contributed by atoms with Crippen LogP contribution in [0, 0.1) is 17.0 Å². The number of amides is 1. The van der Waals surface area contributed by atoms with E-state index in [1.165, 1.54) is 6.07 Å². The first-order valence-corrected chi connectivity index (χ1v) is 8.47. The zero-order valence-corrected chi connectivity index (χ0v) is 15.2. The van der Waals surface area contributed by atoms with Crippen LogP contribution in [0.4, 0.5) is 24.5 Å². The molecule has 1 aromatic heterocycles. The third-order valence-corrected chi connectivity index (χ3v) is 4.68. The molecule has 2 heterocycles. The molecule has 0 aliphatic carbocycles. The Labute approximate surface area is 158 Å². The number of hydrogen-bond acceptors (Lipinski definition) is 5. The number of aryl methyl sites for hydroxylation is 2. The molecular weight excluding hydrogens is 379 g/mol. The van der Waals surface area contributed by atoms with Gasteiger partial charge in [0.25, 0.3) is 5.69 Å². The molecule has 1 amide bonds. The monoisotopic (exact) mass is 397 g/mol. The number of carbonyl (C=O) groups is 1. The van der Waals surface area contributed by atoms with Crippen LogP contribution < -0.4 is 4.90 Å². The zero-order chi connectivity index (χ0) is 20.6. The number of benzene rings is 1. The molecule has 0 atom stereocenters. The standard InChI is InChI=1S/C17H18F3N5O3/c1-11-7-15(23-3-5-24(6-4-23)16(26)17(18,19)20)13(8-14(11)25(27)28)12-9-21-22(2)10-12/h7-10H,3-6H2,1-2H3. The summed E-state index contributed by atoms with van der Waals surface area (Å²) in [6, 6.07) is 3.11. The van der Waals surface area contributed by atoms with E-state index in [1.54, 1.807) is 37.1 Å². The third kappa shape index (κ3) is 3.78. The summed E-state index contributed by atoms with van der Waals surface area (Å²) < 4.78 is 39.5. The Kier molecular flexibility index (Phi) is 5.01. The first-order valence-electron chi connectivity index (χ1n) is 8.47. The van der Waals surface area contributed by atoms with E-state index < -0.39 is 17.0 Å². The molecule has 0 radical (unpaired) electrons. The lowest BCUT2D eigenvalue weighted by Crippen LogP contribution is -2.52. The van der Waals surface area contributed by atoms with Crippen molar-refractivity contribution in [1.82, 2.24) is 14.7 Å². The van der Waals surface area contributed by atoms with E-state index in [0.29, 0.717) is 22.4 Å². The Morgan fingerprint density at radius 1 is 1.21 bits per heavy atom. The number of nitro benzene ring substituents is 1. The highest BCUT2D eigenvalue weighted by Gasteiger charge is 2.43. The van der Waals surface area contributed by atoms with Crippen molar-refractivity contribution in [1.29, 1.82) is 0 Å². The summed E-state index contributed by atoms with van der Waals surface area (Å²) in [6.07, 6.45) is -1.62. The van der Waals surface area contributed by atoms with Crippen LogP contribution in [0.2, 0.25) is 0 Å². The normalized spacial score (nSPS) is 15.0. The van der Waals surface area contributed by atoms with Gasteiger partial charge in [-0.15, -0.1) is 0 Å². The van der Waals surface area contributed by atoms with E-state index in [9.17, 15) is 28.1 Å². The van der Waals surface area contributed by atoms with E-state index in [-0.39, 0.29) is 31.9 Å². The van der Waals surface area contributed by atoms with Gasteiger partial charge < -0.3 is 9.80 Å². The van der Waals surface area contributed by atoms with Crippen molar-refractivity contribution < 1.29 is 22.9 Å². The summed E-state index contributed by atoms with van der Waals surface area (Å²) in [4.78, 5) is 24.9. The first-order chi connectivity index (χ1) is 13.1.